The van der Waals surface area contributed by atoms with Gasteiger partial charge in [-0.1, -0.05) is 58.4 Å². The highest BCUT2D eigenvalue weighted by Crippen LogP contribution is 2.44. The van der Waals surface area contributed by atoms with Crippen LogP contribution in [-0.4, -0.2) is 6.10 Å². The maximum atomic E-state index is 9.98. The number of hydrogen-bond donors (Lipinski definition) is 0. The fraction of sp³-hybridized carbons (Fsp3) is 0.704. The van der Waals surface area contributed by atoms with Gasteiger partial charge < -0.3 is 4.74 Å². The summed E-state index contributed by atoms with van der Waals surface area (Å²) in [5, 5.41) is 19.9. The topological polar surface area (TPSA) is 56.8 Å². The molecule has 3 heteroatoms. The number of nitriles is 2. The monoisotopic (exact) mass is 404 g/mol. The molecule has 1 atom stereocenters. The largest absolute Gasteiger partial charge is 0.488 e. The van der Waals surface area contributed by atoms with Gasteiger partial charge in [-0.3, -0.25) is 0 Å². The summed E-state index contributed by atoms with van der Waals surface area (Å²) in [6.07, 6.45) is 14.7. The Morgan fingerprint density at radius 3 is 2.27 bits per heavy atom. The van der Waals surface area contributed by atoms with Crippen LogP contribution in [-0.2, 0) is 6.42 Å². The Morgan fingerprint density at radius 2 is 1.63 bits per heavy atom. The molecule has 3 nitrogen and oxygen atoms in total. The van der Waals surface area contributed by atoms with Gasteiger partial charge in [0, 0.05) is 0 Å². The SMILES string of the molecule is CCCC1CCC(C2CCc3cc(C4CCC(C)CC4)c(C#N)c(C#N)c3O2)CC1. The first-order valence-corrected chi connectivity index (χ1v) is 12.3. The molecule has 0 bridgehead atoms. The molecule has 0 spiro atoms. The molecule has 30 heavy (non-hydrogen) atoms. The third kappa shape index (κ3) is 4.23. The molecule has 2 fully saturated rings. The van der Waals surface area contributed by atoms with Crippen LogP contribution < -0.4 is 4.74 Å². The van der Waals surface area contributed by atoms with Crippen LogP contribution in [0.1, 0.15) is 113 Å². The summed E-state index contributed by atoms with van der Waals surface area (Å²) < 4.78 is 6.52. The molecule has 0 aromatic heterocycles. The predicted molar refractivity (Wildman–Crippen MR) is 119 cm³/mol. The van der Waals surface area contributed by atoms with Gasteiger partial charge in [0.15, 0.2) is 0 Å². The molecule has 0 amide bonds. The first-order valence-electron chi connectivity index (χ1n) is 12.3. The molecule has 3 aliphatic rings. The van der Waals surface area contributed by atoms with Gasteiger partial charge in [-0.05, 0) is 73.3 Å². The van der Waals surface area contributed by atoms with Gasteiger partial charge in [-0.2, -0.15) is 10.5 Å². The average Bonchev–Trinajstić information content (AvgIpc) is 2.78. The molecular weight excluding hydrogens is 368 g/mol. The van der Waals surface area contributed by atoms with Crippen molar-refractivity contribution in [2.24, 2.45) is 17.8 Å². The number of nitrogens with zero attached hydrogens (tertiary/aromatic N) is 2. The van der Waals surface area contributed by atoms with Crippen molar-refractivity contribution in [2.75, 3.05) is 0 Å². The molecule has 2 saturated carbocycles. The molecule has 1 heterocycles. The van der Waals surface area contributed by atoms with Crippen LogP contribution in [0, 0.1) is 40.4 Å². The van der Waals surface area contributed by atoms with E-state index in [0.29, 0.717) is 23.0 Å². The van der Waals surface area contributed by atoms with E-state index in [2.05, 4.69) is 32.1 Å². The second-order valence-electron chi connectivity index (χ2n) is 10.1. The Balaban J connectivity index is 1.56. The Hall–Kier alpha value is -2.00. The van der Waals surface area contributed by atoms with Crippen molar-refractivity contribution < 1.29 is 4.74 Å². The second-order valence-corrected chi connectivity index (χ2v) is 10.1. The first kappa shape index (κ1) is 21.2. The first-order chi connectivity index (χ1) is 14.6. The van der Waals surface area contributed by atoms with Gasteiger partial charge in [0.2, 0.25) is 0 Å². The summed E-state index contributed by atoms with van der Waals surface area (Å²) in [5.74, 6) is 3.41. The Bertz CT molecular complexity index is 830. The number of fused-ring (bicyclic) bond motifs is 1. The molecule has 2 aliphatic carbocycles. The van der Waals surface area contributed by atoms with Crippen molar-refractivity contribution in [2.45, 2.75) is 103 Å². The van der Waals surface area contributed by atoms with Crippen LogP contribution in [0.25, 0.3) is 0 Å². The van der Waals surface area contributed by atoms with E-state index in [1.54, 1.807) is 0 Å². The maximum Gasteiger partial charge on any atom is 0.142 e. The lowest BCUT2D eigenvalue weighted by atomic mass is 9.75. The lowest BCUT2D eigenvalue weighted by molar-refractivity contribution is 0.0754. The molecule has 4 rings (SSSR count). The van der Waals surface area contributed by atoms with E-state index < -0.39 is 0 Å². The minimum absolute atomic E-state index is 0.208. The molecule has 1 aliphatic heterocycles. The highest BCUT2D eigenvalue weighted by atomic mass is 16.5. The molecule has 0 radical (unpaired) electrons. The second kappa shape index (κ2) is 9.43. The van der Waals surface area contributed by atoms with E-state index >= 15 is 0 Å². The average molecular weight is 405 g/mol. The highest BCUT2D eigenvalue weighted by molar-refractivity contribution is 5.62. The van der Waals surface area contributed by atoms with Gasteiger partial charge in [0.25, 0.3) is 0 Å². The Morgan fingerprint density at radius 1 is 0.933 bits per heavy atom. The van der Waals surface area contributed by atoms with Crippen molar-refractivity contribution >= 4 is 0 Å². The van der Waals surface area contributed by atoms with E-state index in [0.717, 1.165) is 54.4 Å². The zero-order valence-corrected chi connectivity index (χ0v) is 18.8. The van der Waals surface area contributed by atoms with Gasteiger partial charge in [-0.25, -0.2) is 0 Å². The predicted octanol–water partition coefficient (Wildman–Crippen LogP) is 7.02. The summed E-state index contributed by atoms with van der Waals surface area (Å²) in [6, 6.07) is 6.97. The number of rotatable bonds is 4. The molecule has 1 aromatic carbocycles. The highest BCUT2D eigenvalue weighted by Gasteiger charge is 2.34. The van der Waals surface area contributed by atoms with E-state index in [1.807, 2.05) is 0 Å². The van der Waals surface area contributed by atoms with Crippen LogP contribution in [0.4, 0.5) is 0 Å². The Kier molecular flexibility index (Phi) is 6.67. The molecule has 1 aromatic rings. The molecule has 0 N–H and O–H groups in total. The summed E-state index contributed by atoms with van der Waals surface area (Å²) in [6.45, 7) is 4.60. The van der Waals surface area contributed by atoms with Crippen LogP contribution in [0.3, 0.4) is 0 Å². The Labute approximate surface area is 182 Å². The van der Waals surface area contributed by atoms with Crippen LogP contribution in [0.5, 0.6) is 5.75 Å². The van der Waals surface area contributed by atoms with Crippen molar-refractivity contribution in [3.8, 4) is 17.9 Å². The van der Waals surface area contributed by atoms with Gasteiger partial charge >= 0.3 is 0 Å². The standard InChI is InChI=1S/C27H36N2O/c1-3-4-19-7-11-21(12-8-19)26-14-13-22-15-23(20-9-5-18(2)6-10-20)24(16-28)25(17-29)27(22)30-26/h15,18-21,26H,3-14H2,1-2H3. The van der Waals surface area contributed by atoms with E-state index in [4.69, 9.17) is 4.74 Å². The fourth-order valence-electron chi connectivity index (χ4n) is 6.28. The summed E-state index contributed by atoms with van der Waals surface area (Å²) >= 11 is 0. The number of ether oxygens (including phenoxy) is 1. The van der Waals surface area contributed by atoms with E-state index in [9.17, 15) is 10.5 Å². The lowest BCUT2D eigenvalue weighted by Gasteiger charge is -2.37. The minimum Gasteiger partial charge on any atom is -0.488 e. The number of benzene rings is 1. The van der Waals surface area contributed by atoms with E-state index in [1.165, 1.54) is 51.4 Å². The van der Waals surface area contributed by atoms with Crippen molar-refractivity contribution in [1.82, 2.24) is 0 Å². The number of aryl methyl sites for hydroxylation is 1. The summed E-state index contributed by atoms with van der Waals surface area (Å²) in [4.78, 5) is 0. The van der Waals surface area contributed by atoms with Crippen LogP contribution >= 0.6 is 0 Å². The zero-order chi connectivity index (χ0) is 21.1. The minimum atomic E-state index is 0.208. The normalized spacial score (nSPS) is 31.1. The molecule has 160 valence electrons. The maximum absolute atomic E-state index is 9.98. The smallest absolute Gasteiger partial charge is 0.142 e. The molecule has 1 unspecified atom stereocenters. The molecular formula is C27H36N2O. The fourth-order valence-corrected chi connectivity index (χ4v) is 6.28. The van der Waals surface area contributed by atoms with Gasteiger partial charge in [0.1, 0.15) is 29.6 Å². The summed E-state index contributed by atoms with van der Waals surface area (Å²) in [7, 11) is 0. The van der Waals surface area contributed by atoms with Gasteiger partial charge in [-0.15, -0.1) is 0 Å². The van der Waals surface area contributed by atoms with Crippen LogP contribution in [0.15, 0.2) is 6.07 Å². The van der Waals surface area contributed by atoms with Crippen molar-refractivity contribution in [1.29, 1.82) is 10.5 Å². The third-order valence-corrected chi connectivity index (χ3v) is 8.15. The third-order valence-electron chi connectivity index (χ3n) is 8.15. The summed E-state index contributed by atoms with van der Waals surface area (Å²) in [5.41, 5.74) is 3.37. The molecule has 0 saturated heterocycles. The quantitative estimate of drug-likeness (QED) is 0.541. The van der Waals surface area contributed by atoms with Crippen molar-refractivity contribution in [3.63, 3.8) is 0 Å². The number of hydrogen-bond acceptors (Lipinski definition) is 3. The lowest BCUT2D eigenvalue weighted by Crippen LogP contribution is -2.34. The van der Waals surface area contributed by atoms with E-state index in [-0.39, 0.29) is 6.10 Å². The zero-order valence-electron chi connectivity index (χ0n) is 18.8. The van der Waals surface area contributed by atoms with Crippen molar-refractivity contribution in [3.05, 3.63) is 28.3 Å². The van der Waals surface area contributed by atoms with Gasteiger partial charge in [0.05, 0.1) is 5.56 Å². The van der Waals surface area contributed by atoms with Crippen LogP contribution in [0.2, 0.25) is 0 Å².